The number of hydrogen-bond acceptors (Lipinski definition) is 4. The molecule has 8 heteroatoms. The molecule has 0 saturated carbocycles. The van der Waals surface area contributed by atoms with Gasteiger partial charge in [-0.1, -0.05) is 6.92 Å². The zero-order chi connectivity index (χ0) is 13.9. The minimum Gasteiger partial charge on any atom is -0.335 e. The van der Waals surface area contributed by atoms with Crippen molar-refractivity contribution in [3.05, 3.63) is 36.8 Å². The van der Waals surface area contributed by atoms with Gasteiger partial charge in [-0.05, 0) is 12.5 Å². The first-order valence-electron chi connectivity index (χ1n) is 5.66. The van der Waals surface area contributed by atoms with Crippen LogP contribution in [0.15, 0.2) is 35.9 Å². The number of aryl methyl sites for hydroxylation is 1. The zero-order valence-electron chi connectivity index (χ0n) is 10.2. The molecule has 2 heterocycles. The first-order valence-corrected chi connectivity index (χ1v) is 7.15. The van der Waals surface area contributed by atoms with Gasteiger partial charge in [0.15, 0.2) is 5.82 Å². The maximum absolute atomic E-state index is 13.0. The van der Waals surface area contributed by atoms with Crippen molar-refractivity contribution in [1.29, 1.82) is 0 Å². The number of imidazole rings is 1. The highest BCUT2D eigenvalue weighted by atomic mass is 32.2. The van der Waals surface area contributed by atoms with Gasteiger partial charge < -0.3 is 4.57 Å². The van der Waals surface area contributed by atoms with E-state index in [4.69, 9.17) is 0 Å². The molecule has 0 fully saturated rings. The fraction of sp³-hybridized carbons (Fsp3) is 0.273. The van der Waals surface area contributed by atoms with Crippen LogP contribution in [-0.2, 0) is 16.6 Å². The Bertz CT molecular complexity index is 669. The summed E-state index contributed by atoms with van der Waals surface area (Å²) in [7, 11) is -3.87. The lowest BCUT2D eigenvalue weighted by atomic mass is 10.5. The van der Waals surface area contributed by atoms with Gasteiger partial charge in [0.1, 0.15) is 10.7 Å². The van der Waals surface area contributed by atoms with Crippen molar-refractivity contribution >= 4 is 15.8 Å². The summed E-state index contributed by atoms with van der Waals surface area (Å²) in [6.45, 7) is 2.75. The SMILES string of the molecule is CCCn1cnc(NS(=O)(=O)c2cncc(F)c2)c1. The molecule has 0 radical (unpaired) electrons. The summed E-state index contributed by atoms with van der Waals surface area (Å²) in [4.78, 5) is 7.20. The topological polar surface area (TPSA) is 76.9 Å². The minimum absolute atomic E-state index is 0.192. The van der Waals surface area contributed by atoms with Crippen molar-refractivity contribution in [2.75, 3.05) is 4.72 Å². The highest BCUT2D eigenvalue weighted by molar-refractivity contribution is 7.92. The number of hydrogen-bond donors (Lipinski definition) is 1. The third-order valence-corrected chi connectivity index (χ3v) is 3.67. The molecule has 0 amide bonds. The lowest BCUT2D eigenvalue weighted by molar-refractivity contribution is 0.592. The summed E-state index contributed by atoms with van der Waals surface area (Å²) in [6, 6.07) is 0.901. The average Bonchev–Trinajstić information content (AvgIpc) is 2.76. The molecule has 0 spiro atoms. The second-order valence-electron chi connectivity index (χ2n) is 3.94. The van der Waals surface area contributed by atoms with Crippen molar-refractivity contribution in [3.63, 3.8) is 0 Å². The van der Waals surface area contributed by atoms with Crippen LogP contribution in [0.4, 0.5) is 10.2 Å². The molecule has 6 nitrogen and oxygen atoms in total. The number of pyridine rings is 1. The Labute approximate surface area is 110 Å². The van der Waals surface area contributed by atoms with E-state index in [1.165, 1.54) is 6.33 Å². The van der Waals surface area contributed by atoms with E-state index in [1.807, 2.05) is 6.92 Å². The highest BCUT2D eigenvalue weighted by Crippen LogP contribution is 2.14. The monoisotopic (exact) mass is 284 g/mol. The van der Waals surface area contributed by atoms with Gasteiger partial charge in [0, 0.05) is 18.9 Å². The van der Waals surface area contributed by atoms with Crippen LogP contribution in [-0.4, -0.2) is 23.0 Å². The molecule has 0 aliphatic heterocycles. The van der Waals surface area contributed by atoms with Crippen LogP contribution < -0.4 is 4.72 Å². The second-order valence-corrected chi connectivity index (χ2v) is 5.62. The molecule has 0 saturated heterocycles. The van der Waals surface area contributed by atoms with Crippen molar-refractivity contribution in [2.45, 2.75) is 24.8 Å². The molecular weight excluding hydrogens is 271 g/mol. The van der Waals surface area contributed by atoms with Crippen molar-refractivity contribution < 1.29 is 12.8 Å². The Hall–Kier alpha value is -1.96. The molecular formula is C11H13FN4O2S. The lowest BCUT2D eigenvalue weighted by Gasteiger charge is -2.04. The Morgan fingerprint density at radius 1 is 1.42 bits per heavy atom. The first-order chi connectivity index (χ1) is 9.01. The van der Waals surface area contributed by atoms with Crippen molar-refractivity contribution in [1.82, 2.24) is 14.5 Å². The van der Waals surface area contributed by atoms with Gasteiger partial charge in [-0.3, -0.25) is 9.71 Å². The van der Waals surface area contributed by atoms with Crippen LogP contribution in [0.1, 0.15) is 13.3 Å². The Morgan fingerprint density at radius 3 is 2.89 bits per heavy atom. The van der Waals surface area contributed by atoms with Gasteiger partial charge in [-0.25, -0.2) is 17.8 Å². The van der Waals surface area contributed by atoms with Crippen LogP contribution >= 0.6 is 0 Å². The normalized spacial score (nSPS) is 11.5. The summed E-state index contributed by atoms with van der Waals surface area (Å²) in [5.41, 5.74) is 0. The van der Waals surface area contributed by atoms with Gasteiger partial charge in [0.05, 0.1) is 12.5 Å². The van der Waals surface area contributed by atoms with E-state index in [0.29, 0.717) is 0 Å². The average molecular weight is 284 g/mol. The number of sulfonamides is 1. The lowest BCUT2D eigenvalue weighted by Crippen LogP contribution is -2.13. The Balaban J connectivity index is 2.21. The molecule has 2 aromatic rings. The second kappa shape index (κ2) is 5.35. The van der Waals surface area contributed by atoms with Gasteiger partial charge in [-0.15, -0.1) is 0 Å². The summed E-state index contributed by atoms with van der Waals surface area (Å²) >= 11 is 0. The smallest absolute Gasteiger partial charge is 0.264 e. The van der Waals surface area contributed by atoms with E-state index in [9.17, 15) is 12.8 Å². The summed E-state index contributed by atoms with van der Waals surface area (Å²) < 4.78 is 40.9. The van der Waals surface area contributed by atoms with E-state index in [0.717, 1.165) is 31.4 Å². The predicted molar refractivity (Wildman–Crippen MR) is 67.5 cm³/mol. The van der Waals surface area contributed by atoms with Crippen LogP contribution in [0, 0.1) is 5.82 Å². The van der Waals surface area contributed by atoms with Gasteiger partial charge >= 0.3 is 0 Å². The summed E-state index contributed by atoms with van der Waals surface area (Å²) in [6.07, 6.45) is 6.04. The van der Waals surface area contributed by atoms with Gasteiger partial charge in [0.2, 0.25) is 0 Å². The number of rotatable bonds is 5. The fourth-order valence-corrected chi connectivity index (χ4v) is 2.50. The molecule has 1 N–H and O–H groups in total. The van der Waals surface area contributed by atoms with Gasteiger partial charge in [-0.2, -0.15) is 0 Å². The van der Waals surface area contributed by atoms with Crippen LogP contribution in [0.5, 0.6) is 0 Å². The largest absolute Gasteiger partial charge is 0.335 e. The zero-order valence-corrected chi connectivity index (χ0v) is 11.1. The molecule has 102 valence electrons. The predicted octanol–water partition coefficient (Wildman–Crippen LogP) is 1.63. The first kappa shape index (κ1) is 13.5. The quantitative estimate of drug-likeness (QED) is 0.905. The number of anilines is 1. The van der Waals surface area contributed by atoms with Crippen molar-refractivity contribution in [3.8, 4) is 0 Å². The van der Waals surface area contributed by atoms with Crippen LogP contribution in [0.2, 0.25) is 0 Å². The number of nitrogens with zero attached hydrogens (tertiary/aromatic N) is 3. The van der Waals surface area contributed by atoms with Gasteiger partial charge in [0.25, 0.3) is 10.0 Å². The standard InChI is InChI=1S/C11H13FN4O2S/c1-2-3-16-7-11(14-8-16)15-19(17,18)10-4-9(12)5-13-6-10/h4-8,15H,2-3H2,1H3. The third-order valence-electron chi connectivity index (χ3n) is 2.34. The third kappa shape index (κ3) is 3.28. The Morgan fingerprint density at radius 2 is 2.21 bits per heavy atom. The van der Waals surface area contributed by atoms with E-state index in [1.54, 1.807) is 10.8 Å². The number of aromatic nitrogens is 3. The number of nitrogens with one attached hydrogen (secondary N) is 1. The number of halogens is 1. The maximum Gasteiger partial charge on any atom is 0.264 e. The molecule has 0 aromatic carbocycles. The fourth-order valence-electron chi connectivity index (χ4n) is 1.53. The maximum atomic E-state index is 13.0. The summed E-state index contributed by atoms with van der Waals surface area (Å²) in [5, 5.41) is 0. The minimum atomic E-state index is -3.87. The van der Waals surface area contributed by atoms with E-state index in [2.05, 4.69) is 14.7 Å². The van der Waals surface area contributed by atoms with Crippen LogP contribution in [0.25, 0.3) is 0 Å². The molecule has 0 aliphatic carbocycles. The highest BCUT2D eigenvalue weighted by Gasteiger charge is 2.16. The molecule has 0 unspecified atom stereocenters. The molecule has 0 bridgehead atoms. The molecule has 19 heavy (non-hydrogen) atoms. The van der Waals surface area contributed by atoms with Crippen LogP contribution in [0.3, 0.4) is 0 Å². The molecule has 2 rings (SSSR count). The molecule has 0 atom stereocenters. The van der Waals surface area contributed by atoms with Crippen molar-refractivity contribution in [2.24, 2.45) is 0 Å². The van der Waals surface area contributed by atoms with E-state index in [-0.39, 0.29) is 10.7 Å². The molecule has 2 aromatic heterocycles. The van der Waals surface area contributed by atoms with E-state index < -0.39 is 15.8 Å². The van der Waals surface area contributed by atoms with E-state index >= 15 is 0 Å². The molecule has 0 aliphatic rings. The summed E-state index contributed by atoms with van der Waals surface area (Å²) in [5.74, 6) is -0.517. The Kier molecular flexibility index (Phi) is 3.79.